The smallest absolute Gasteiger partial charge is 0.0923 e. The average molecular weight is 319 g/mol. The zero-order chi connectivity index (χ0) is 13.7. The molecule has 0 fully saturated rings. The van der Waals surface area contributed by atoms with E-state index >= 15 is 0 Å². The molecule has 1 aromatic heterocycles. The third-order valence-electron chi connectivity index (χ3n) is 2.71. The highest BCUT2D eigenvalue weighted by Gasteiger charge is 2.12. The van der Waals surface area contributed by atoms with Crippen molar-refractivity contribution in [1.82, 2.24) is 4.98 Å². The lowest BCUT2D eigenvalue weighted by Crippen LogP contribution is -2.23. The summed E-state index contributed by atoms with van der Waals surface area (Å²) in [6.07, 6.45) is 4.03. The molecule has 0 aliphatic carbocycles. The van der Waals surface area contributed by atoms with Gasteiger partial charge < -0.3 is 10.6 Å². The van der Waals surface area contributed by atoms with Gasteiger partial charge in [0, 0.05) is 31.0 Å². The first-order chi connectivity index (χ1) is 9.18. The van der Waals surface area contributed by atoms with Crippen molar-refractivity contribution in [2.45, 2.75) is 6.42 Å². The summed E-state index contributed by atoms with van der Waals surface area (Å²) in [6, 6.07) is 12.0. The van der Waals surface area contributed by atoms with Gasteiger partial charge >= 0.3 is 0 Å². The van der Waals surface area contributed by atoms with Gasteiger partial charge in [0.25, 0.3) is 0 Å². The van der Waals surface area contributed by atoms with E-state index in [1.165, 1.54) is 0 Å². The molecule has 2 aromatic rings. The minimum absolute atomic E-state index is 0.186. The minimum atomic E-state index is 0.186. The van der Waals surface area contributed by atoms with Gasteiger partial charge in [0.15, 0.2) is 0 Å². The van der Waals surface area contributed by atoms with Crippen molar-refractivity contribution in [3.63, 3.8) is 0 Å². The average Bonchev–Trinajstić information content (AvgIpc) is 2.42. The van der Waals surface area contributed by atoms with E-state index in [1.54, 1.807) is 12.4 Å². The molecular formula is C14H15BrN4. The highest BCUT2D eigenvalue weighted by Crippen LogP contribution is 2.31. The molecule has 2 rings (SSSR count). The summed E-state index contributed by atoms with van der Waals surface area (Å²) >= 11 is 3.51. The highest BCUT2D eigenvalue weighted by molar-refractivity contribution is 9.10. The monoisotopic (exact) mass is 318 g/mol. The van der Waals surface area contributed by atoms with Gasteiger partial charge in [0.1, 0.15) is 0 Å². The van der Waals surface area contributed by atoms with E-state index in [0.717, 1.165) is 15.8 Å². The molecule has 1 aromatic carbocycles. The van der Waals surface area contributed by atoms with Gasteiger partial charge in [-0.3, -0.25) is 10.4 Å². The molecule has 0 unspecified atom stereocenters. The molecule has 0 saturated carbocycles. The summed E-state index contributed by atoms with van der Waals surface area (Å²) in [7, 11) is 0. The van der Waals surface area contributed by atoms with Crippen LogP contribution in [-0.2, 0) is 0 Å². The molecule has 19 heavy (non-hydrogen) atoms. The van der Waals surface area contributed by atoms with Crippen molar-refractivity contribution in [2.75, 3.05) is 11.4 Å². The van der Waals surface area contributed by atoms with E-state index in [1.807, 2.05) is 36.4 Å². The Bertz CT molecular complexity index is 556. The Hall–Kier alpha value is -1.88. The number of anilines is 2. The number of benzene rings is 1. The molecule has 5 heteroatoms. The Morgan fingerprint density at radius 1 is 1.26 bits per heavy atom. The quantitative estimate of drug-likeness (QED) is 0.656. The van der Waals surface area contributed by atoms with Gasteiger partial charge in [0.05, 0.1) is 16.0 Å². The Morgan fingerprint density at radius 2 is 2.00 bits per heavy atom. The number of hydrogen-bond acceptors (Lipinski definition) is 3. The van der Waals surface area contributed by atoms with Crippen molar-refractivity contribution < 1.29 is 0 Å². The topological polar surface area (TPSA) is 66.0 Å². The van der Waals surface area contributed by atoms with Crippen LogP contribution in [0.15, 0.2) is 53.3 Å². The molecule has 0 aliphatic rings. The first-order valence-electron chi connectivity index (χ1n) is 5.93. The molecule has 4 nitrogen and oxygen atoms in total. The standard InChI is InChI=1S/C14H15BrN4/c15-12-10-18-8-6-13(12)19(9-7-14(16)17)11-4-2-1-3-5-11/h1-6,8,10H,7,9H2,(H3,16,17). The van der Waals surface area contributed by atoms with Crippen LogP contribution < -0.4 is 10.6 Å². The lowest BCUT2D eigenvalue weighted by atomic mass is 10.2. The van der Waals surface area contributed by atoms with E-state index in [4.69, 9.17) is 11.1 Å². The molecule has 3 N–H and O–H groups in total. The van der Waals surface area contributed by atoms with Gasteiger partial charge in [-0.2, -0.15) is 0 Å². The van der Waals surface area contributed by atoms with Gasteiger partial charge in [-0.05, 0) is 34.1 Å². The first kappa shape index (κ1) is 13.5. The van der Waals surface area contributed by atoms with Crippen molar-refractivity contribution in [3.05, 3.63) is 53.3 Å². The van der Waals surface area contributed by atoms with Crippen LogP contribution in [0, 0.1) is 5.41 Å². The molecule has 1 heterocycles. The predicted octanol–water partition coefficient (Wildman–Crippen LogP) is 3.31. The Morgan fingerprint density at radius 3 is 2.63 bits per heavy atom. The zero-order valence-corrected chi connectivity index (χ0v) is 12.0. The fraction of sp³-hybridized carbons (Fsp3) is 0.143. The fourth-order valence-corrected chi connectivity index (χ4v) is 2.28. The number of hydrogen-bond donors (Lipinski definition) is 2. The number of amidine groups is 1. The van der Waals surface area contributed by atoms with Gasteiger partial charge in [0.2, 0.25) is 0 Å². The van der Waals surface area contributed by atoms with Crippen LogP contribution in [0.3, 0.4) is 0 Å². The normalized spacial score (nSPS) is 10.2. The number of halogens is 1. The fourth-order valence-electron chi connectivity index (χ4n) is 1.82. The van der Waals surface area contributed by atoms with E-state index in [2.05, 4.69) is 25.8 Å². The maximum atomic E-state index is 7.39. The number of pyridine rings is 1. The number of nitrogens with zero attached hydrogens (tertiary/aromatic N) is 2. The lowest BCUT2D eigenvalue weighted by molar-refractivity contribution is 0.949. The van der Waals surface area contributed by atoms with Crippen molar-refractivity contribution in [1.29, 1.82) is 5.41 Å². The molecule has 0 saturated heterocycles. The van der Waals surface area contributed by atoms with Gasteiger partial charge in [-0.25, -0.2) is 0 Å². The van der Waals surface area contributed by atoms with Crippen molar-refractivity contribution >= 4 is 33.1 Å². The largest absolute Gasteiger partial charge is 0.388 e. The Labute approximate surface area is 120 Å². The van der Waals surface area contributed by atoms with Gasteiger partial charge in [-0.15, -0.1) is 0 Å². The highest BCUT2D eigenvalue weighted by atomic mass is 79.9. The number of para-hydroxylation sites is 1. The summed E-state index contributed by atoms with van der Waals surface area (Å²) in [6.45, 7) is 0.655. The number of nitrogens with one attached hydrogen (secondary N) is 1. The SMILES string of the molecule is N=C(N)CCN(c1ccccc1)c1ccncc1Br. The van der Waals surface area contributed by atoms with Crippen LogP contribution >= 0.6 is 15.9 Å². The third kappa shape index (κ3) is 3.54. The lowest BCUT2D eigenvalue weighted by Gasteiger charge is -2.25. The zero-order valence-electron chi connectivity index (χ0n) is 10.4. The van der Waals surface area contributed by atoms with E-state index < -0.39 is 0 Å². The molecule has 0 aliphatic heterocycles. The Balaban J connectivity index is 2.35. The van der Waals surface area contributed by atoms with Gasteiger partial charge in [-0.1, -0.05) is 18.2 Å². The molecule has 0 spiro atoms. The van der Waals surface area contributed by atoms with E-state index in [-0.39, 0.29) is 5.84 Å². The maximum absolute atomic E-state index is 7.39. The molecule has 0 amide bonds. The molecule has 0 atom stereocenters. The number of aromatic nitrogens is 1. The maximum Gasteiger partial charge on any atom is 0.0923 e. The van der Waals surface area contributed by atoms with E-state index in [9.17, 15) is 0 Å². The predicted molar refractivity (Wildman–Crippen MR) is 81.9 cm³/mol. The molecular weight excluding hydrogens is 304 g/mol. The Kier molecular flexibility index (Phi) is 4.52. The van der Waals surface area contributed by atoms with Crippen molar-refractivity contribution in [3.8, 4) is 0 Å². The number of rotatable bonds is 5. The second-order valence-corrected chi connectivity index (χ2v) is 4.94. The second-order valence-electron chi connectivity index (χ2n) is 4.09. The van der Waals surface area contributed by atoms with Crippen LogP contribution in [0.1, 0.15) is 6.42 Å². The minimum Gasteiger partial charge on any atom is -0.388 e. The molecule has 98 valence electrons. The van der Waals surface area contributed by atoms with Crippen LogP contribution in [0.4, 0.5) is 11.4 Å². The first-order valence-corrected chi connectivity index (χ1v) is 6.73. The van der Waals surface area contributed by atoms with Crippen LogP contribution in [0.2, 0.25) is 0 Å². The van der Waals surface area contributed by atoms with Crippen LogP contribution in [0.5, 0.6) is 0 Å². The van der Waals surface area contributed by atoms with Crippen LogP contribution in [-0.4, -0.2) is 17.4 Å². The second kappa shape index (κ2) is 6.33. The summed E-state index contributed by atoms with van der Waals surface area (Å²) in [5.74, 6) is 0.186. The van der Waals surface area contributed by atoms with Crippen LogP contribution in [0.25, 0.3) is 0 Å². The summed E-state index contributed by atoms with van der Waals surface area (Å²) < 4.78 is 0.919. The third-order valence-corrected chi connectivity index (χ3v) is 3.33. The summed E-state index contributed by atoms with van der Waals surface area (Å²) in [5, 5.41) is 7.39. The molecule has 0 radical (unpaired) electrons. The van der Waals surface area contributed by atoms with Crippen molar-refractivity contribution in [2.24, 2.45) is 5.73 Å². The summed E-state index contributed by atoms with van der Waals surface area (Å²) in [5.41, 5.74) is 7.55. The number of nitrogens with two attached hydrogens (primary N) is 1. The summed E-state index contributed by atoms with van der Waals surface area (Å²) in [4.78, 5) is 6.19. The molecule has 0 bridgehead atoms. The van der Waals surface area contributed by atoms with E-state index in [0.29, 0.717) is 13.0 Å².